The maximum atomic E-state index is 5.81. The van der Waals surface area contributed by atoms with Gasteiger partial charge in [0.05, 0.1) is 0 Å². The van der Waals surface area contributed by atoms with Gasteiger partial charge in [-0.2, -0.15) is 0 Å². The Kier molecular flexibility index (Phi) is 8.33. The Morgan fingerprint density at radius 1 is 1.33 bits per heavy atom. The van der Waals surface area contributed by atoms with E-state index in [0.29, 0.717) is 11.1 Å². The van der Waals surface area contributed by atoms with Crippen molar-refractivity contribution in [1.29, 1.82) is 0 Å². The van der Waals surface area contributed by atoms with Crippen LogP contribution in [0.2, 0.25) is 5.15 Å². The van der Waals surface area contributed by atoms with Crippen LogP contribution in [0.5, 0.6) is 0 Å². The Hall–Kier alpha value is -1.33. The lowest BCUT2D eigenvalue weighted by Gasteiger charge is -2.19. The summed E-state index contributed by atoms with van der Waals surface area (Å²) in [6, 6.07) is 3.84. The van der Waals surface area contributed by atoms with E-state index in [1.165, 1.54) is 31.5 Å². The van der Waals surface area contributed by atoms with Gasteiger partial charge in [-0.3, -0.25) is 4.99 Å². The standard InChI is InChI=1S/C18H30ClN5/c1-3-20-18(21-9-8-16-6-7-17(19)22-13-16)23-12-15(2)14-24-10-4-5-11-24/h6-7,13,15H,3-5,8-12,14H2,1-2H3,(H2,20,21,23). The fourth-order valence-electron chi connectivity index (χ4n) is 2.93. The van der Waals surface area contributed by atoms with Crippen molar-refractivity contribution >= 4 is 17.6 Å². The van der Waals surface area contributed by atoms with E-state index in [2.05, 4.69) is 34.4 Å². The second-order valence-corrected chi connectivity index (χ2v) is 6.89. The Balaban J connectivity index is 1.73. The van der Waals surface area contributed by atoms with Gasteiger partial charge in [-0.1, -0.05) is 24.6 Å². The molecule has 0 aliphatic carbocycles. The van der Waals surface area contributed by atoms with Gasteiger partial charge in [-0.25, -0.2) is 4.98 Å². The zero-order valence-corrected chi connectivity index (χ0v) is 15.6. The maximum Gasteiger partial charge on any atom is 0.191 e. The number of nitrogens with one attached hydrogen (secondary N) is 2. The zero-order valence-electron chi connectivity index (χ0n) is 14.9. The number of aliphatic imine (C=N–C) groups is 1. The molecular weight excluding hydrogens is 322 g/mol. The fourth-order valence-corrected chi connectivity index (χ4v) is 3.04. The first-order valence-electron chi connectivity index (χ1n) is 9.02. The van der Waals surface area contributed by atoms with Gasteiger partial charge >= 0.3 is 0 Å². The van der Waals surface area contributed by atoms with E-state index < -0.39 is 0 Å². The van der Waals surface area contributed by atoms with Gasteiger partial charge in [-0.05, 0) is 56.8 Å². The molecule has 24 heavy (non-hydrogen) atoms. The predicted molar refractivity (Wildman–Crippen MR) is 102 cm³/mol. The molecule has 1 fully saturated rings. The number of hydrogen-bond donors (Lipinski definition) is 2. The molecule has 0 spiro atoms. The van der Waals surface area contributed by atoms with Gasteiger partial charge in [-0.15, -0.1) is 0 Å². The summed E-state index contributed by atoms with van der Waals surface area (Å²) >= 11 is 5.81. The lowest BCUT2D eigenvalue weighted by atomic mass is 10.2. The number of hydrogen-bond acceptors (Lipinski definition) is 3. The number of nitrogens with zero attached hydrogens (tertiary/aromatic N) is 3. The molecule has 1 aromatic heterocycles. The van der Waals surface area contributed by atoms with Crippen molar-refractivity contribution in [3.63, 3.8) is 0 Å². The van der Waals surface area contributed by atoms with Gasteiger partial charge in [0.15, 0.2) is 5.96 Å². The third-order valence-corrected chi connectivity index (χ3v) is 4.39. The van der Waals surface area contributed by atoms with Crippen molar-refractivity contribution in [3.8, 4) is 0 Å². The average Bonchev–Trinajstić information content (AvgIpc) is 3.07. The summed E-state index contributed by atoms with van der Waals surface area (Å²) in [5.74, 6) is 1.48. The number of aromatic nitrogens is 1. The van der Waals surface area contributed by atoms with E-state index in [1.54, 1.807) is 0 Å². The monoisotopic (exact) mass is 351 g/mol. The zero-order chi connectivity index (χ0) is 17.2. The summed E-state index contributed by atoms with van der Waals surface area (Å²) in [6.07, 6.45) is 5.42. The van der Waals surface area contributed by atoms with Crippen LogP contribution in [0.15, 0.2) is 23.3 Å². The number of halogens is 1. The van der Waals surface area contributed by atoms with Crippen molar-refractivity contribution < 1.29 is 0 Å². The minimum Gasteiger partial charge on any atom is -0.357 e. The normalized spacial score (nSPS) is 17.0. The molecule has 0 amide bonds. The maximum absolute atomic E-state index is 5.81. The van der Waals surface area contributed by atoms with Gasteiger partial charge in [0.2, 0.25) is 0 Å². The highest BCUT2D eigenvalue weighted by molar-refractivity contribution is 6.29. The topological polar surface area (TPSA) is 52.6 Å². The Morgan fingerprint density at radius 3 is 2.79 bits per heavy atom. The second-order valence-electron chi connectivity index (χ2n) is 6.50. The quantitative estimate of drug-likeness (QED) is 0.429. The molecule has 134 valence electrons. The van der Waals surface area contributed by atoms with E-state index in [0.717, 1.165) is 38.6 Å². The van der Waals surface area contributed by atoms with Crippen LogP contribution in [0.3, 0.4) is 0 Å². The van der Waals surface area contributed by atoms with Crippen molar-refractivity contribution in [2.75, 3.05) is 39.3 Å². The summed E-state index contributed by atoms with van der Waals surface area (Å²) in [5, 5.41) is 7.25. The summed E-state index contributed by atoms with van der Waals surface area (Å²) in [7, 11) is 0. The molecule has 1 aliphatic heterocycles. The average molecular weight is 352 g/mol. The molecule has 2 heterocycles. The van der Waals surface area contributed by atoms with E-state index in [4.69, 9.17) is 16.6 Å². The van der Waals surface area contributed by atoms with E-state index in [1.807, 2.05) is 18.3 Å². The van der Waals surface area contributed by atoms with Crippen LogP contribution in [0.25, 0.3) is 0 Å². The lowest BCUT2D eigenvalue weighted by Crippen LogP contribution is -2.39. The Bertz CT molecular complexity index is 497. The number of likely N-dealkylation sites (tertiary alicyclic amines) is 1. The molecule has 6 heteroatoms. The van der Waals surface area contributed by atoms with E-state index in [-0.39, 0.29) is 0 Å². The first kappa shape index (κ1) is 19.0. The van der Waals surface area contributed by atoms with Gasteiger partial charge in [0, 0.05) is 32.4 Å². The van der Waals surface area contributed by atoms with Crippen molar-refractivity contribution in [1.82, 2.24) is 20.5 Å². The summed E-state index contributed by atoms with van der Waals surface area (Å²) in [5.41, 5.74) is 1.17. The second kappa shape index (κ2) is 10.5. The third kappa shape index (κ3) is 7.05. The van der Waals surface area contributed by atoms with Crippen LogP contribution >= 0.6 is 11.6 Å². The molecule has 1 aliphatic rings. The predicted octanol–water partition coefficient (Wildman–Crippen LogP) is 2.56. The first-order valence-corrected chi connectivity index (χ1v) is 9.40. The molecule has 0 bridgehead atoms. The molecule has 2 rings (SSSR count). The highest BCUT2D eigenvalue weighted by Crippen LogP contribution is 2.10. The molecule has 5 nitrogen and oxygen atoms in total. The minimum absolute atomic E-state index is 0.536. The van der Waals surface area contributed by atoms with Gasteiger partial charge < -0.3 is 15.5 Å². The first-order chi connectivity index (χ1) is 11.7. The van der Waals surface area contributed by atoms with E-state index in [9.17, 15) is 0 Å². The Labute approximate surface area is 150 Å². The van der Waals surface area contributed by atoms with Crippen LogP contribution in [0, 0.1) is 5.92 Å². The molecule has 1 aromatic rings. The number of guanidine groups is 1. The Morgan fingerprint density at radius 2 is 2.12 bits per heavy atom. The number of pyridine rings is 1. The number of rotatable bonds is 8. The lowest BCUT2D eigenvalue weighted by molar-refractivity contribution is 0.291. The molecule has 0 saturated carbocycles. The third-order valence-electron chi connectivity index (χ3n) is 4.17. The van der Waals surface area contributed by atoms with E-state index >= 15 is 0 Å². The molecular formula is C18H30ClN5. The van der Waals surface area contributed by atoms with Crippen LogP contribution in [0.1, 0.15) is 32.3 Å². The molecule has 2 N–H and O–H groups in total. The SMILES string of the molecule is CCNC(=NCC(C)CN1CCCC1)NCCc1ccc(Cl)nc1. The van der Waals surface area contributed by atoms with Gasteiger partial charge in [0.25, 0.3) is 0 Å². The highest BCUT2D eigenvalue weighted by atomic mass is 35.5. The molecule has 0 radical (unpaired) electrons. The fraction of sp³-hybridized carbons (Fsp3) is 0.667. The van der Waals surface area contributed by atoms with Crippen molar-refractivity contribution in [3.05, 3.63) is 29.0 Å². The van der Waals surface area contributed by atoms with Crippen LogP contribution in [0.4, 0.5) is 0 Å². The highest BCUT2D eigenvalue weighted by Gasteiger charge is 2.14. The smallest absolute Gasteiger partial charge is 0.191 e. The summed E-state index contributed by atoms with van der Waals surface area (Å²) in [6.45, 7) is 10.6. The largest absolute Gasteiger partial charge is 0.357 e. The van der Waals surface area contributed by atoms with Gasteiger partial charge in [0.1, 0.15) is 5.15 Å². The van der Waals surface area contributed by atoms with Crippen LogP contribution < -0.4 is 10.6 Å². The molecule has 1 atom stereocenters. The summed E-state index contributed by atoms with van der Waals surface area (Å²) < 4.78 is 0. The molecule has 0 aromatic carbocycles. The van der Waals surface area contributed by atoms with Crippen LogP contribution in [-0.4, -0.2) is 55.1 Å². The summed E-state index contributed by atoms with van der Waals surface area (Å²) in [4.78, 5) is 11.4. The molecule has 1 unspecified atom stereocenters. The van der Waals surface area contributed by atoms with Crippen molar-refractivity contribution in [2.45, 2.75) is 33.1 Å². The van der Waals surface area contributed by atoms with Crippen molar-refractivity contribution in [2.24, 2.45) is 10.9 Å². The van der Waals surface area contributed by atoms with Crippen LogP contribution in [-0.2, 0) is 6.42 Å². The minimum atomic E-state index is 0.536. The molecule has 1 saturated heterocycles.